The standard InChI is InChI=1S/C25H30N6O5/c32-21(14-28-24(35)20-13-27-17-8-4-5-9-18(17)30-20)31-19(12-15-10-11-26-23(15)34)22(33)25(36)29-16-6-2-1-3-7-16/h4-5,8-9,13,15-16,19H,1-3,6-7,10-12,14H2,(H,26,34)(H,28,35)(H,29,36)(H,31,32). The molecule has 1 aliphatic carbocycles. The summed E-state index contributed by atoms with van der Waals surface area (Å²) in [6.45, 7) is 0.0493. The molecule has 11 nitrogen and oxygen atoms in total. The maximum atomic E-state index is 13.0. The van der Waals surface area contributed by atoms with Crippen molar-refractivity contribution < 1.29 is 24.0 Å². The normalized spacial score (nSPS) is 18.8. The van der Waals surface area contributed by atoms with Gasteiger partial charge in [0, 0.05) is 18.5 Å². The van der Waals surface area contributed by atoms with Gasteiger partial charge in [-0.3, -0.25) is 29.0 Å². The van der Waals surface area contributed by atoms with E-state index in [0.29, 0.717) is 24.0 Å². The van der Waals surface area contributed by atoms with E-state index in [0.717, 1.165) is 32.1 Å². The molecule has 0 bridgehead atoms. The van der Waals surface area contributed by atoms with Crippen LogP contribution in [0.1, 0.15) is 55.4 Å². The average Bonchev–Trinajstić information content (AvgIpc) is 3.30. The van der Waals surface area contributed by atoms with Gasteiger partial charge in [0.25, 0.3) is 11.8 Å². The fraction of sp³-hybridized carbons (Fsp3) is 0.480. The number of aromatic nitrogens is 2. The topological polar surface area (TPSA) is 159 Å². The fourth-order valence-electron chi connectivity index (χ4n) is 4.61. The number of fused-ring (bicyclic) bond motifs is 1. The third kappa shape index (κ3) is 6.41. The lowest BCUT2D eigenvalue weighted by Crippen LogP contribution is -2.52. The minimum atomic E-state index is -1.17. The number of para-hydroxylation sites is 2. The van der Waals surface area contributed by atoms with E-state index in [1.165, 1.54) is 6.20 Å². The van der Waals surface area contributed by atoms with Crippen LogP contribution in [-0.2, 0) is 19.2 Å². The van der Waals surface area contributed by atoms with Crippen LogP contribution in [0.2, 0.25) is 0 Å². The molecule has 2 atom stereocenters. The van der Waals surface area contributed by atoms with Gasteiger partial charge in [-0.2, -0.15) is 0 Å². The summed E-state index contributed by atoms with van der Waals surface area (Å²) in [5.41, 5.74) is 1.22. The van der Waals surface area contributed by atoms with Crippen molar-refractivity contribution in [2.24, 2.45) is 5.92 Å². The van der Waals surface area contributed by atoms with Gasteiger partial charge in [-0.1, -0.05) is 31.4 Å². The largest absolute Gasteiger partial charge is 0.356 e. The van der Waals surface area contributed by atoms with Crippen molar-refractivity contribution in [3.63, 3.8) is 0 Å². The van der Waals surface area contributed by atoms with E-state index in [4.69, 9.17) is 0 Å². The molecule has 1 aliphatic heterocycles. The summed E-state index contributed by atoms with van der Waals surface area (Å²) in [6, 6.07) is 5.83. The number of carbonyl (C=O) groups excluding carboxylic acids is 5. The van der Waals surface area contributed by atoms with Gasteiger partial charge >= 0.3 is 0 Å². The summed E-state index contributed by atoms with van der Waals surface area (Å²) in [6.07, 6.45) is 6.54. The van der Waals surface area contributed by atoms with Crippen molar-refractivity contribution >= 4 is 40.4 Å². The van der Waals surface area contributed by atoms with Crippen LogP contribution in [0.15, 0.2) is 30.5 Å². The van der Waals surface area contributed by atoms with Gasteiger partial charge in [0.2, 0.25) is 17.6 Å². The Morgan fingerprint density at radius 3 is 2.50 bits per heavy atom. The molecule has 0 radical (unpaired) electrons. The number of rotatable bonds is 9. The zero-order chi connectivity index (χ0) is 25.5. The van der Waals surface area contributed by atoms with Crippen molar-refractivity contribution in [3.05, 3.63) is 36.2 Å². The zero-order valence-corrected chi connectivity index (χ0v) is 19.9. The maximum absolute atomic E-state index is 13.0. The Labute approximate surface area is 208 Å². The number of carbonyl (C=O) groups is 5. The predicted molar refractivity (Wildman–Crippen MR) is 130 cm³/mol. The SMILES string of the molecule is O=C(CNC(=O)c1cnc2ccccc2n1)NC(CC1CCNC1=O)C(=O)C(=O)NC1CCCCC1. The molecule has 190 valence electrons. The van der Waals surface area contributed by atoms with Crippen LogP contribution in [0, 0.1) is 5.92 Å². The number of nitrogens with one attached hydrogen (secondary N) is 4. The average molecular weight is 495 g/mol. The lowest BCUT2D eigenvalue weighted by Gasteiger charge is -2.24. The molecule has 2 aliphatic rings. The van der Waals surface area contributed by atoms with Crippen molar-refractivity contribution in [3.8, 4) is 0 Å². The van der Waals surface area contributed by atoms with E-state index >= 15 is 0 Å². The first-order valence-electron chi connectivity index (χ1n) is 12.3. The summed E-state index contributed by atoms with van der Waals surface area (Å²) in [7, 11) is 0. The molecular weight excluding hydrogens is 464 g/mol. The highest BCUT2D eigenvalue weighted by Gasteiger charge is 2.34. The highest BCUT2D eigenvalue weighted by molar-refractivity contribution is 6.38. The molecule has 2 fully saturated rings. The van der Waals surface area contributed by atoms with Crippen molar-refractivity contribution in [1.82, 2.24) is 31.2 Å². The molecule has 1 saturated carbocycles. The number of nitrogens with zero attached hydrogens (tertiary/aromatic N) is 2. The molecule has 4 N–H and O–H groups in total. The summed E-state index contributed by atoms with van der Waals surface area (Å²) in [4.78, 5) is 71.2. The Kier molecular flexibility index (Phi) is 8.19. The first-order chi connectivity index (χ1) is 17.4. The van der Waals surface area contributed by atoms with Crippen molar-refractivity contribution in [1.29, 1.82) is 0 Å². The summed E-state index contributed by atoms with van der Waals surface area (Å²) >= 11 is 0. The number of hydrogen-bond acceptors (Lipinski definition) is 7. The molecule has 36 heavy (non-hydrogen) atoms. The lowest BCUT2D eigenvalue weighted by molar-refractivity contribution is -0.141. The second-order valence-corrected chi connectivity index (χ2v) is 9.23. The minimum Gasteiger partial charge on any atom is -0.356 e. The Hall–Kier alpha value is -3.89. The van der Waals surface area contributed by atoms with Crippen LogP contribution in [-0.4, -0.2) is 64.6 Å². The molecule has 2 unspecified atom stereocenters. The molecule has 1 saturated heterocycles. The van der Waals surface area contributed by atoms with Gasteiger partial charge in [-0.15, -0.1) is 0 Å². The highest BCUT2D eigenvalue weighted by atomic mass is 16.2. The smallest absolute Gasteiger partial charge is 0.289 e. The first kappa shape index (κ1) is 25.2. The van der Waals surface area contributed by atoms with Gasteiger partial charge in [0.05, 0.1) is 29.8 Å². The van der Waals surface area contributed by atoms with Crippen LogP contribution in [0.4, 0.5) is 0 Å². The summed E-state index contributed by atoms with van der Waals surface area (Å²) < 4.78 is 0. The van der Waals surface area contributed by atoms with Gasteiger partial charge < -0.3 is 21.3 Å². The molecule has 2 heterocycles. The van der Waals surface area contributed by atoms with E-state index in [9.17, 15) is 24.0 Å². The van der Waals surface area contributed by atoms with Crippen LogP contribution >= 0.6 is 0 Å². The van der Waals surface area contributed by atoms with Crippen LogP contribution in [0.3, 0.4) is 0 Å². The Morgan fingerprint density at radius 1 is 1.03 bits per heavy atom. The lowest BCUT2D eigenvalue weighted by atomic mass is 9.93. The van der Waals surface area contributed by atoms with Crippen LogP contribution < -0.4 is 21.3 Å². The minimum absolute atomic E-state index is 0.0125. The van der Waals surface area contributed by atoms with Gasteiger partial charge in [0.15, 0.2) is 0 Å². The predicted octanol–water partition coefficient (Wildman–Crippen LogP) is 0.389. The quantitative estimate of drug-likeness (QED) is 0.367. The van der Waals surface area contributed by atoms with E-state index in [-0.39, 0.29) is 24.1 Å². The molecule has 1 aromatic heterocycles. The number of benzene rings is 1. The highest BCUT2D eigenvalue weighted by Crippen LogP contribution is 2.19. The number of hydrogen-bond donors (Lipinski definition) is 4. The van der Waals surface area contributed by atoms with Crippen molar-refractivity contribution in [2.75, 3.05) is 13.1 Å². The van der Waals surface area contributed by atoms with E-state index < -0.39 is 42.0 Å². The number of amides is 4. The molecule has 1 aromatic carbocycles. The molecule has 4 rings (SSSR count). The summed E-state index contributed by atoms with van der Waals surface area (Å²) in [5, 5.41) is 10.5. The second-order valence-electron chi connectivity index (χ2n) is 9.23. The van der Waals surface area contributed by atoms with Gasteiger partial charge in [0.1, 0.15) is 5.69 Å². The molecule has 4 amide bonds. The van der Waals surface area contributed by atoms with Gasteiger partial charge in [-0.25, -0.2) is 4.98 Å². The van der Waals surface area contributed by atoms with E-state index in [1.54, 1.807) is 18.2 Å². The van der Waals surface area contributed by atoms with Gasteiger partial charge in [-0.05, 0) is 37.8 Å². The van der Waals surface area contributed by atoms with Crippen LogP contribution in [0.5, 0.6) is 0 Å². The molecule has 11 heteroatoms. The molecular formula is C25H30N6O5. The Bertz CT molecular complexity index is 1160. The van der Waals surface area contributed by atoms with E-state index in [1.807, 2.05) is 6.07 Å². The van der Waals surface area contributed by atoms with Crippen LogP contribution in [0.25, 0.3) is 11.0 Å². The summed E-state index contributed by atoms with van der Waals surface area (Å²) in [5.74, 6) is -3.50. The first-order valence-corrected chi connectivity index (χ1v) is 12.3. The fourth-order valence-corrected chi connectivity index (χ4v) is 4.61. The third-order valence-electron chi connectivity index (χ3n) is 6.59. The Morgan fingerprint density at radius 2 is 1.78 bits per heavy atom. The number of Topliss-reactive ketones (excluding diaryl/α,β-unsaturated/α-hetero) is 1. The maximum Gasteiger partial charge on any atom is 0.289 e. The second kappa shape index (κ2) is 11.7. The Balaban J connectivity index is 1.36. The van der Waals surface area contributed by atoms with Crippen molar-refractivity contribution in [2.45, 2.75) is 57.0 Å². The molecule has 0 spiro atoms. The van der Waals surface area contributed by atoms with E-state index in [2.05, 4.69) is 31.2 Å². The molecule has 2 aromatic rings. The third-order valence-corrected chi connectivity index (χ3v) is 6.59. The monoisotopic (exact) mass is 494 g/mol. The zero-order valence-electron chi connectivity index (χ0n) is 19.9. The number of ketones is 1.